The molecule has 2 rings (SSSR count). The van der Waals surface area contributed by atoms with Crippen molar-refractivity contribution in [2.45, 2.75) is 43.9 Å². The molecule has 0 bridgehead atoms. The summed E-state index contributed by atoms with van der Waals surface area (Å²) in [6.45, 7) is 7.76. The highest BCUT2D eigenvalue weighted by Crippen LogP contribution is 2.36. The molecule has 6 heteroatoms. The maximum absolute atomic E-state index is 13.9. The highest BCUT2D eigenvalue weighted by atomic mass is 32.2. The number of nitrogens with zero attached hydrogens (tertiary/aromatic N) is 1. The first-order valence-corrected chi connectivity index (χ1v) is 7.05. The van der Waals surface area contributed by atoms with Crippen molar-refractivity contribution in [1.29, 1.82) is 0 Å². The second-order valence-corrected chi connectivity index (χ2v) is 6.15. The third-order valence-electron chi connectivity index (χ3n) is 3.57. The van der Waals surface area contributed by atoms with Gasteiger partial charge < -0.3 is 9.31 Å². The highest BCUT2D eigenvalue weighted by Gasteiger charge is 2.52. The Morgan fingerprint density at radius 1 is 1.17 bits per heavy atom. The molecule has 0 N–H and O–H groups in total. The lowest BCUT2D eigenvalue weighted by Gasteiger charge is -2.32. The van der Waals surface area contributed by atoms with E-state index in [9.17, 15) is 4.39 Å². The van der Waals surface area contributed by atoms with Crippen molar-refractivity contribution in [2.75, 3.05) is 6.26 Å². The second kappa shape index (κ2) is 4.51. The quantitative estimate of drug-likeness (QED) is 0.468. The van der Waals surface area contributed by atoms with Gasteiger partial charge in [-0.1, -0.05) is 6.07 Å². The van der Waals surface area contributed by atoms with Gasteiger partial charge in [0.2, 0.25) is 5.95 Å². The molecule has 1 aliphatic heterocycles. The molecule has 0 spiro atoms. The van der Waals surface area contributed by atoms with Crippen LogP contribution >= 0.6 is 11.8 Å². The van der Waals surface area contributed by atoms with Crippen molar-refractivity contribution < 1.29 is 13.7 Å². The molecule has 1 saturated heterocycles. The minimum Gasteiger partial charge on any atom is -0.399 e. The van der Waals surface area contributed by atoms with Gasteiger partial charge in [-0.2, -0.15) is 4.39 Å². The predicted molar refractivity (Wildman–Crippen MR) is 71.7 cm³/mol. The molecule has 0 saturated carbocycles. The molecule has 1 fully saturated rings. The molecule has 98 valence electrons. The fourth-order valence-corrected chi connectivity index (χ4v) is 2.06. The van der Waals surface area contributed by atoms with E-state index in [0.717, 1.165) is 0 Å². The number of aromatic nitrogens is 1. The Kier molecular flexibility index (Phi) is 3.47. The monoisotopic (exact) mass is 269 g/mol. The van der Waals surface area contributed by atoms with E-state index in [1.165, 1.54) is 11.8 Å². The van der Waals surface area contributed by atoms with E-state index < -0.39 is 24.3 Å². The van der Waals surface area contributed by atoms with Crippen LogP contribution in [0.15, 0.2) is 17.2 Å². The van der Waals surface area contributed by atoms with E-state index in [4.69, 9.17) is 9.31 Å². The number of halogens is 1. The van der Waals surface area contributed by atoms with Gasteiger partial charge in [0.1, 0.15) is 0 Å². The summed E-state index contributed by atoms with van der Waals surface area (Å²) in [6, 6.07) is 3.45. The van der Waals surface area contributed by atoms with E-state index >= 15 is 0 Å². The molecule has 0 aliphatic carbocycles. The van der Waals surface area contributed by atoms with Crippen molar-refractivity contribution in [1.82, 2.24) is 4.98 Å². The molecule has 0 atom stereocenters. The maximum atomic E-state index is 13.9. The van der Waals surface area contributed by atoms with E-state index in [1.54, 1.807) is 12.1 Å². The van der Waals surface area contributed by atoms with E-state index in [1.807, 2.05) is 34.0 Å². The van der Waals surface area contributed by atoms with Crippen molar-refractivity contribution in [2.24, 2.45) is 0 Å². The van der Waals surface area contributed by atoms with Crippen LogP contribution in [0.2, 0.25) is 0 Å². The minimum absolute atomic E-state index is 0.353. The molecule has 1 aromatic heterocycles. The van der Waals surface area contributed by atoms with Gasteiger partial charge in [-0.05, 0) is 40.0 Å². The Hall–Kier alpha value is -0.585. The summed E-state index contributed by atoms with van der Waals surface area (Å²) in [5.74, 6) is -0.527. The normalized spacial score (nSPS) is 21.3. The van der Waals surface area contributed by atoms with E-state index in [0.29, 0.717) is 10.5 Å². The van der Waals surface area contributed by atoms with Gasteiger partial charge in [0.05, 0.1) is 16.2 Å². The first-order chi connectivity index (χ1) is 8.27. The molecule has 3 nitrogen and oxygen atoms in total. The fourth-order valence-electron chi connectivity index (χ4n) is 1.69. The third kappa shape index (κ3) is 2.29. The van der Waals surface area contributed by atoms with Gasteiger partial charge in [0.25, 0.3) is 0 Å². The van der Waals surface area contributed by atoms with Crippen LogP contribution in [0.1, 0.15) is 27.7 Å². The van der Waals surface area contributed by atoms with Crippen molar-refractivity contribution >= 4 is 24.3 Å². The number of hydrogen-bond donors (Lipinski definition) is 0. The SMILES string of the molecule is CSc1ccc(B2OC(C)(C)C(C)(C)O2)c(F)n1. The molecule has 0 radical (unpaired) electrons. The molecule has 0 unspecified atom stereocenters. The summed E-state index contributed by atoms with van der Waals surface area (Å²) in [5.41, 5.74) is -0.587. The average molecular weight is 269 g/mol. The Labute approximate surface area is 112 Å². The molecular weight excluding hydrogens is 252 g/mol. The topological polar surface area (TPSA) is 31.4 Å². The van der Waals surface area contributed by atoms with Crippen LogP contribution in [0.3, 0.4) is 0 Å². The fraction of sp³-hybridized carbons (Fsp3) is 0.583. The van der Waals surface area contributed by atoms with E-state index in [2.05, 4.69) is 4.98 Å². The predicted octanol–water partition coefficient (Wildman–Crippen LogP) is 2.24. The van der Waals surface area contributed by atoms with Crippen molar-refractivity contribution in [3.8, 4) is 0 Å². The van der Waals surface area contributed by atoms with Crippen LogP contribution in [0.25, 0.3) is 0 Å². The Morgan fingerprint density at radius 3 is 2.17 bits per heavy atom. The number of rotatable bonds is 2. The summed E-state index contributed by atoms with van der Waals surface area (Å²) in [4.78, 5) is 3.87. The number of hydrogen-bond acceptors (Lipinski definition) is 4. The van der Waals surface area contributed by atoms with Crippen LogP contribution in [0.5, 0.6) is 0 Å². The van der Waals surface area contributed by atoms with Gasteiger partial charge in [-0.25, -0.2) is 4.98 Å². The largest absolute Gasteiger partial charge is 0.499 e. The summed E-state index contributed by atoms with van der Waals surface area (Å²) < 4.78 is 25.5. The van der Waals surface area contributed by atoms with Crippen LogP contribution < -0.4 is 5.46 Å². The van der Waals surface area contributed by atoms with E-state index in [-0.39, 0.29) is 0 Å². The smallest absolute Gasteiger partial charge is 0.399 e. The van der Waals surface area contributed by atoms with Gasteiger partial charge >= 0.3 is 7.12 Å². The zero-order valence-electron chi connectivity index (χ0n) is 11.3. The Morgan fingerprint density at radius 2 is 1.72 bits per heavy atom. The van der Waals surface area contributed by atoms with Gasteiger partial charge in [-0.15, -0.1) is 11.8 Å². The van der Waals surface area contributed by atoms with Crippen LogP contribution in [-0.2, 0) is 9.31 Å². The molecule has 0 aromatic carbocycles. The first kappa shape index (κ1) is 13.8. The molecule has 2 heterocycles. The highest BCUT2D eigenvalue weighted by molar-refractivity contribution is 7.98. The summed E-state index contributed by atoms with van der Waals surface area (Å²) in [7, 11) is -0.696. The first-order valence-electron chi connectivity index (χ1n) is 5.83. The average Bonchev–Trinajstić information content (AvgIpc) is 2.47. The lowest BCUT2D eigenvalue weighted by atomic mass is 9.80. The molecule has 0 amide bonds. The number of pyridine rings is 1. The number of thioether (sulfide) groups is 1. The summed E-state index contributed by atoms with van der Waals surface area (Å²) >= 11 is 1.40. The van der Waals surface area contributed by atoms with Gasteiger partial charge in [0, 0.05) is 5.46 Å². The lowest BCUT2D eigenvalue weighted by molar-refractivity contribution is 0.00578. The van der Waals surface area contributed by atoms with Crippen LogP contribution in [0.4, 0.5) is 4.39 Å². The maximum Gasteiger partial charge on any atom is 0.499 e. The summed E-state index contributed by atoms with van der Waals surface area (Å²) in [6.07, 6.45) is 1.86. The standard InChI is InChI=1S/C12H17BFNO2S/c1-11(2)12(3,4)17-13(16-11)8-6-7-9(18-5)15-10(8)14/h6-7H,1-5H3. The van der Waals surface area contributed by atoms with Gasteiger partial charge in [0.15, 0.2) is 0 Å². The van der Waals surface area contributed by atoms with Crippen molar-refractivity contribution in [3.63, 3.8) is 0 Å². The minimum atomic E-state index is -0.696. The zero-order chi connectivity index (χ0) is 13.6. The second-order valence-electron chi connectivity index (χ2n) is 5.32. The lowest BCUT2D eigenvalue weighted by Crippen LogP contribution is -2.41. The third-order valence-corrected chi connectivity index (χ3v) is 4.21. The molecule has 1 aromatic rings. The summed E-state index contributed by atoms with van der Waals surface area (Å²) in [5, 5.41) is 0.646. The van der Waals surface area contributed by atoms with Gasteiger partial charge in [-0.3, -0.25) is 0 Å². The molecule has 18 heavy (non-hydrogen) atoms. The molecular formula is C12H17BFNO2S. The zero-order valence-corrected chi connectivity index (χ0v) is 12.1. The Balaban J connectivity index is 2.30. The van der Waals surface area contributed by atoms with Crippen molar-refractivity contribution in [3.05, 3.63) is 18.1 Å². The van der Waals surface area contributed by atoms with Crippen LogP contribution in [-0.4, -0.2) is 29.6 Å². The Bertz CT molecular complexity index is 451. The molecule has 1 aliphatic rings. The van der Waals surface area contributed by atoms with Crippen LogP contribution in [0, 0.1) is 5.95 Å².